The van der Waals surface area contributed by atoms with Crippen molar-refractivity contribution in [3.05, 3.63) is 18.3 Å². The average molecular weight is 219 g/mol. The minimum absolute atomic E-state index is 0.0809. The van der Waals surface area contributed by atoms with E-state index >= 15 is 0 Å². The number of anilines is 1. The highest BCUT2D eigenvalue weighted by Gasteiger charge is 2.23. The van der Waals surface area contributed by atoms with Gasteiger partial charge in [-0.25, -0.2) is 0 Å². The molecule has 0 radical (unpaired) electrons. The Labute approximate surface area is 90.6 Å². The van der Waals surface area contributed by atoms with Gasteiger partial charge in [0.05, 0.1) is 17.3 Å². The highest BCUT2D eigenvalue weighted by Crippen LogP contribution is 2.47. The number of rotatable bonds is 1. The maximum atomic E-state index is 9.84. The standard InChI is InChI=1S/C10H9N3O3/c11-10-5(3-12-13-10)8-6(14)1-2-7-9(8)16-4-15-7/h1-3,14H,4H2,(H3,11,12,13). The molecule has 1 aliphatic rings. The summed E-state index contributed by atoms with van der Waals surface area (Å²) in [5.74, 6) is 1.54. The Morgan fingerprint density at radius 1 is 1.38 bits per heavy atom. The number of aromatic hydroxyl groups is 1. The first-order chi connectivity index (χ1) is 7.77. The number of H-pyrrole nitrogens is 1. The maximum Gasteiger partial charge on any atom is 0.231 e. The summed E-state index contributed by atoms with van der Waals surface area (Å²) in [7, 11) is 0. The summed E-state index contributed by atoms with van der Waals surface area (Å²) >= 11 is 0. The molecule has 4 N–H and O–H groups in total. The average Bonchev–Trinajstić information content (AvgIpc) is 2.87. The molecule has 0 saturated heterocycles. The highest BCUT2D eigenvalue weighted by atomic mass is 16.7. The molecular formula is C10H9N3O3. The third-order valence-electron chi connectivity index (χ3n) is 2.46. The van der Waals surface area contributed by atoms with Crippen LogP contribution in [0.3, 0.4) is 0 Å². The van der Waals surface area contributed by atoms with Crippen molar-refractivity contribution in [3.8, 4) is 28.4 Å². The van der Waals surface area contributed by atoms with Gasteiger partial charge in [0, 0.05) is 0 Å². The number of phenols is 1. The van der Waals surface area contributed by atoms with Crippen molar-refractivity contribution in [1.29, 1.82) is 0 Å². The van der Waals surface area contributed by atoms with Crippen LogP contribution in [0.1, 0.15) is 0 Å². The summed E-state index contributed by atoms with van der Waals surface area (Å²) in [4.78, 5) is 0. The topological polar surface area (TPSA) is 93.4 Å². The second kappa shape index (κ2) is 3.06. The number of nitrogens with one attached hydrogen (secondary N) is 1. The van der Waals surface area contributed by atoms with E-state index in [4.69, 9.17) is 15.2 Å². The SMILES string of the molecule is Nc1[nH]ncc1-c1c(O)ccc2c1OCO2. The predicted octanol–water partition coefficient (Wildman–Crippen LogP) is 1.09. The molecule has 1 aromatic heterocycles. The molecule has 3 rings (SSSR count). The molecule has 2 heterocycles. The molecule has 0 bridgehead atoms. The zero-order valence-electron chi connectivity index (χ0n) is 8.23. The normalized spacial score (nSPS) is 13.0. The van der Waals surface area contributed by atoms with Crippen molar-refractivity contribution in [3.63, 3.8) is 0 Å². The van der Waals surface area contributed by atoms with E-state index in [1.54, 1.807) is 6.07 Å². The van der Waals surface area contributed by atoms with Crippen molar-refractivity contribution < 1.29 is 14.6 Å². The highest BCUT2D eigenvalue weighted by molar-refractivity contribution is 5.85. The molecule has 1 aromatic carbocycles. The number of hydrogen-bond donors (Lipinski definition) is 3. The molecule has 1 aliphatic heterocycles. The molecule has 82 valence electrons. The number of hydrogen-bond acceptors (Lipinski definition) is 5. The van der Waals surface area contributed by atoms with Gasteiger partial charge < -0.3 is 20.3 Å². The van der Waals surface area contributed by atoms with Crippen molar-refractivity contribution in [2.75, 3.05) is 12.5 Å². The number of nitrogens with zero attached hydrogens (tertiary/aromatic N) is 1. The van der Waals surface area contributed by atoms with Crippen molar-refractivity contribution in [2.24, 2.45) is 0 Å². The van der Waals surface area contributed by atoms with Gasteiger partial charge in [-0.15, -0.1) is 0 Å². The fraction of sp³-hybridized carbons (Fsp3) is 0.100. The number of nitrogens with two attached hydrogens (primary N) is 1. The van der Waals surface area contributed by atoms with E-state index in [1.807, 2.05) is 0 Å². The second-order valence-electron chi connectivity index (χ2n) is 3.39. The van der Waals surface area contributed by atoms with Gasteiger partial charge in [0.15, 0.2) is 11.5 Å². The quantitative estimate of drug-likeness (QED) is 0.667. The second-order valence-corrected chi connectivity index (χ2v) is 3.39. The van der Waals surface area contributed by atoms with Crippen LogP contribution in [0.2, 0.25) is 0 Å². The van der Waals surface area contributed by atoms with Crippen LogP contribution in [-0.2, 0) is 0 Å². The lowest BCUT2D eigenvalue weighted by atomic mass is 10.1. The molecule has 6 nitrogen and oxygen atoms in total. The summed E-state index contributed by atoms with van der Waals surface area (Å²) in [5, 5.41) is 16.3. The molecule has 6 heteroatoms. The molecule has 0 saturated carbocycles. The molecule has 0 atom stereocenters. The van der Waals surface area contributed by atoms with E-state index in [2.05, 4.69) is 10.2 Å². The Bertz CT molecular complexity index is 550. The van der Waals surface area contributed by atoms with E-state index in [9.17, 15) is 5.11 Å². The van der Waals surface area contributed by atoms with Crippen LogP contribution in [0, 0.1) is 0 Å². The van der Waals surface area contributed by atoms with Crippen molar-refractivity contribution in [2.45, 2.75) is 0 Å². The van der Waals surface area contributed by atoms with E-state index in [0.717, 1.165) is 0 Å². The van der Waals surface area contributed by atoms with E-state index < -0.39 is 0 Å². The Morgan fingerprint density at radius 2 is 2.25 bits per heavy atom. The number of fused-ring (bicyclic) bond motifs is 1. The molecular weight excluding hydrogens is 210 g/mol. The lowest BCUT2D eigenvalue weighted by Gasteiger charge is -2.06. The minimum Gasteiger partial charge on any atom is -0.507 e. The number of aromatic amines is 1. The third-order valence-corrected chi connectivity index (χ3v) is 2.46. The third kappa shape index (κ3) is 1.10. The zero-order valence-corrected chi connectivity index (χ0v) is 8.23. The molecule has 0 spiro atoms. The van der Waals surface area contributed by atoms with Gasteiger partial charge >= 0.3 is 0 Å². The molecule has 0 unspecified atom stereocenters. The number of ether oxygens (including phenoxy) is 2. The number of benzene rings is 1. The molecule has 0 amide bonds. The lowest BCUT2D eigenvalue weighted by Crippen LogP contribution is -1.94. The Morgan fingerprint density at radius 3 is 3.00 bits per heavy atom. The van der Waals surface area contributed by atoms with Gasteiger partial charge in [-0.3, -0.25) is 5.10 Å². The van der Waals surface area contributed by atoms with Crippen LogP contribution < -0.4 is 15.2 Å². The molecule has 0 fully saturated rings. The lowest BCUT2D eigenvalue weighted by molar-refractivity contribution is 0.174. The zero-order chi connectivity index (χ0) is 11.1. The van der Waals surface area contributed by atoms with Gasteiger partial charge in [0.1, 0.15) is 11.6 Å². The van der Waals surface area contributed by atoms with Crippen molar-refractivity contribution >= 4 is 5.82 Å². The Kier molecular flexibility index (Phi) is 1.70. The summed E-state index contributed by atoms with van der Waals surface area (Å²) in [6.45, 7) is 0.142. The van der Waals surface area contributed by atoms with Crippen LogP contribution in [0.5, 0.6) is 17.2 Å². The molecule has 2 aromatic rings. The number of phenolic OH excluding ortho intramolecular Hbond substituents is 1. The fourth-order valence-corrected chi connectivity index (χ4v) is 1.72. The number of nitrogen functional groups attached to an aromatic ring is 1. The minimum atomic E-state index is 0.0809. The van der Waals surface area contributed by atoms with E-state index in [-0.39, 0.29) is 12.5 Å². The predicted molar refractivity (Wildman–Crippen MR) is 56.2 cm³/mol. The van der Waals surface area contributed by atoms with Crippen molar-refractivity contribution in [1.82, 2.24) is 10.2 Å². The van der Waals surface area contributed by atoms with Crippen LogP contribution in [0.4, 0.5) is 5.82 Å². The summed E-state index contributed by atoms with van der Waals surface area (Å²) in [6.07, 6.45) is 1.53. The maximum absolute atomic E-state index is 9.84. The van der Waals surface area contributed by atoms with Crippen LogP contribution >= 0.6 is 0 Å². The molecule has 0 aliphatic carbocycles. The first-order valence-electron chi connectivity index (χ1n) is 4.68. The van der Waals surface area contributed by atoms with Gasteiger partial charge in [-0.05, 0) is 12.1 Å². The summed E-state index contributed by atoms with van der Waals surface area (Å²) < 4.78 is 10.5. The Hall–Kier alpha value is -2.37. The first kappa shape index (κ1) is 8.90. The van der Waals surface area contributed by atoms with Gasteiger partial charge in [0.25, 0.3) is 0 Å². The summed E-state index contributed by atoms with van der Waals surface area (Å²) in [5.41, 5.74) is 6.81. The smallest absolute Gasteiger partial charge is 0.231 e. The van der Waals surface area contributed by atoms with Gasteiger partial charge in [-0.1, -0.05) is 0 Å². The Balaban J connectivity index is 2.28. The fourth-order valence-electron chi connectivity index (χ4n) is 1.72. The van der Waals surface area contributed by atoms with Crippen LogP contribution in [0.25, 0.3) is 11.1 Å². The summed E-state index contributed by atoms with van der Waals surface area (Å²) in [6, 6.07) is 3.19. The van der Waals surface area contributed by atoms with E-state index in [1.165, 1.54) is 12.3 Å². The van der Waals surface area contributed by atoms with Crippen LogP contribution in [0.15, 0.2) is 18.3 Å². The molecule has 16 heavy (non-hydrogen) atoms. The number of aromatic nitrogens is 2. The van der Waals surface area contributed by atoms with Gasteiger partial charge in [0.2, 0.25) is 6.79 Å². The largest absolute Gasteiger partial charge is 0.507 e. The van der Waals surface area contributed by atoms with Crippen LogP contribution in [-0.4, -0.2) is 22.1 Å². The first-order valence-corrected chi connectivity index (χ1v) is 4.68. The van der Waals surface area contributed by atoms with Gasteiger partial charge in [-0.2, -0.15) is 5.10 Å². The van der Waals surface area contributed by atoms with E-state index in [0.29, 0.717) is 28.4 Å². The monoisotopic (exact) mass is 219 g/mol.